The highest BCUT2D eigenvalue weighted by Crippen LogP contribution is 2.41. The van der Waals surface area contributed by atoms with Gasteiger partial charge >= 0.3 is 5.69 Å². The van der Waals surface area contributed by atoms with Crippen molar-refractivity contribution < 1.29 is 4.74 Å². The quantitative estimate of drug-likeness (QED) is 0.931. The second-order valence-electron chi connectivity index (χ2n) is 8.04. The van der Waals surface area contributed by atoms with Crippen LogP contribution >= 0.6 is 0 Å². The number of ether oxygens (including phenoxy) is 1. The van der Waals surface area contributed by atoms with Crippen molar-refractivity contribution in [2.45, 2.75) is 66.7 Å². The van der Waals surface area contributed by atoms with Crippen molar-refractivity contribution in [3.8, 4) is 0 Å². The van der Waals surface area contributed by atoms with Gasteiger partial charge in [0.1, 0.15) is 12.0 Å². The first-order valence-corrected chi connectivity index (χ1v) is 8.09. The summed E-state index contributed by atoms with van der Waals surface area (Å²) in [4.78, 5) is 16.0. The van der Waals surface area contributed by atoms with E-state index < -0.39 is 0 Å². The van der Waals surface area contributed by atoms with Crippen molar-refractivity contribution in [3.63, 3.8) is 0 Å². The molecule has 5 nitrogen and oxygen atoms in total. The van der Waals surface area contributed by atoms with Crippen LogP contribution in [0.25, 0.3) is 0 Å². The molecule has 1 aromatic rings. The van der Waals surface area contributed by atoms with Gasteiger partial charge in [-0.25, -0.2) is 4.79 Å². The summed E-state index contributed by atoms with van der Waals surface area (Å²) in [6.07, 6.45) is 3.55. The fourth-order valence-corrected chi connectivity index (χ4v) is 3.21. The molecule has 0 aromatic carbocycles. The van der Waals surface area contributed by atoms with Crippen LogP contribution in [-0.4, -0.2) is 15.7 Å². The van der Waals surface area contributed by atoms with Crippen molar-refractivity contribution >= 4 is 5.82 Å². The Kier molecular flexibility index (Phi) is 4.66. The van der Waals surface area contributed by atoms with Gasteiger partial charge in [-0.3, -0.25) is 4.57 Å². The number of anilines is 1. The minimum absolute atomic E-state index is 0.176. The van der Waals surface area contributed by atoms with Gasteiger partial charge in [-0.05, 0) is 37.0 Å². The summed E-state index contributed by atoms with van der Waals surface area (Å²) in [5.41, 5.74) is 6.39. The number of nitrogens with two attached hydrogens (primary N) is 1. The van der Waals surface area contributed by atoms with Crippen LogP contribution in [0.3, 0.4) is 0 Å². The minimum atomic E-state index is -0.327. The van der Waals surface area contributed by atoms with E-state index in [2.05, 4.69) is 39.6 Å². The van der Waals surface area contributed by atoms with Gasteiger partial charge in [0.05, 0.1) is 6.10 Å². The molecule has 124 valence electrons. The third kappa shape index (κ3) is 3.69. The van der Waals surface area contributed by atoms with Gasteiger partial charge in [0.15, 0.2) is 0 Å². The highest BCUT2D eigenvalue weighted by atomic mass is 16.5. The van der Waals surface area contributed by atoms with E-state index in [1.807, 2.05) is 6.92 Å². The number of hydrogen-bond acceptors (Lipinski definition) is 4. The van der Waals surface area contributed by atoms with Crippen molar-refractivity contribution in [1.29, 1.82) is 0 Å². The smallest absolute Gasteiger partial charge is 0.351 e. The van der Waals surface area contributed by atoms with Crippen molar-refractivity contribution in [2.75, 3.05) is 5.73 Å². The molecule has 2 heterocycles. The molecule has 2 rings (SSSR count). The van der Waals surface area contributed by atoms with Gasteiger partial charge in [-0.2, -0.15) is 4.98 Å². The second kappa shape index (κ2) is 6.03. The van der Waals surface area contributed by atoms with Crippen LogP contribution < -0.4 is 11.4 Å². The molecule has 0 radical (unpaired) electrons. The summed E-state index contributed by atoms with van der Waals surface area (Å²) in [6, 6.07) is 0. The summed E-state index contributed by atoms with van der Waals surface area (Å²) in [6.45, 7) is 13.0. The Labute approximate surface area is 132 Å². The lowest BCUT2D eigenvalue weighted by molar-refractivity contribution is -0.0281. The molecule has 3 atom stereocenters. The molecule has 22 heavy (non-hydrogen) atoms. The van der Waals surface area contributed by atoms with Gasteiger partial charge in [0.2, 0.25) is 0 Å². The highest BCUT2D eigenvalue weighted by Gasteiger charge is 2.39. The third-order valence-electron chi connectivity index (χ3n) is 4.44. The standard InChI is InChI=1S/C17H29N3O2/c1-10(2)12-7-14(22-13(12)8-17(4,5)6)20-9-11(3)15(18)19-16(20)21/h9-10,12-14H,7-8H2,1-6H3,(H2,18,19,21)/t12?,13-,14-/m1/s1. The first-order chi connectivity index (χ1) is 10.1. The van der Waals surface area contributed by atoms with E-state index >= 15 is 0 Å². The fraction of sp³-hybridized carbons (Fsp3) is 0.765. The first kappa shape index (κ1) is 17.0. The minimum Gasteiger partial charge on any atom is -0.383 e. The zero-order chi connectivity index (χ0) is 16.7. The first-order valence-electron chi connectivity index (χ1n) is 8.09. The molecule has 1 aliphatic heterocycles. The Bertz CT molecular complexity index is 587. The van der Waals surface area contributed by atoms with Crippen molar-refractivity contribution in [2.24, 2.45) is 17.3 Å². The molecule has 0 saturated carbocycles. The van der Waals surface area contributed by atoms with Crippen LogP contribution in [0.15, 0.2) is 11.0 Å². The summed E-state index contributed by atoms with van der Waals surface area (Å²) >= 11 is 0. The third-order valence-corrected chi connectivity index (χ3v) is 4.44. The molecule has 1 aliphatic rings. The number of aryl methyl sites for hydroxylation is 1. The zero-order valence-electron chi connectivity index (χ0n) is 14.6. The molecule has 1 fully saturated rings. The van der Waals surface area contributed by atoms with Crippen LogP contribution in [-0.2, 0) is 4.74 Å². The molecule has 0 amide bonds. The van der Waals surface area contributed by atoms with Gasteiger partial charge in [0.25, 0.3) is 0 Å². The molecule has 1 saturated heterocycles. The van der Waals surface area contributed by atoms with Crippen LogP contribution in [0, 0.1) is 24.2 Å². The van der Waals surface area contributed by atoms with Crippen LogP contribution in [0.2, 0.25) is 0 Å². The Morgan fingerprint density at radius 2 is 2.09 bits per heavy atom. The predicted octanol–water partition coefficient (Wildman–Crippen LogP) is 3.13. The van der Waals surface area contributed by atoms with Crippen LogP contribution in [0.1, 0.15) is 59.3 Å². The Balaban J connectivity index is 2.28. The van der Waals surface area contributed by atoms with E-state index in [1.165, 1.54) is 0 Å². The summed E-state index contributed by atoms with van der Waals surface area (Å²) in [5.74, 6) is 1.27. The number of nitrogens with zero attached hydrogens (tertiary/aromatic N) is 2. The fourth-order valence-electron chi connectivity index (χ4n) is 3.21. The van der Waals surface area contributed by atoms with E-state index in [1.54, 1.807) is 10.8 Å². The molecule has 1 unspecified atom stereocenters. The molecular weight excluding hydrogens is 278 g/mol. The average molecular weight is 307 g/mol. The molecule has 0 spiro atoms. The second-order valence-corrected chi connectivity index (χ2v) is 8.04. The summed E-state index contributed by atoms with van der Waals surface area (Å²) in [7, 11) is 0. The van der Waals surface area contributed by atoms with E-state index in [0.29, 0.717) is 17.7 Å². The zero-order valence-corrected chi connectivity index (χ0v) is 14.6. The number of aromatic nitrogens is 2. The van der Waals surface area contributed by atoms with E-state index in [-0.39, 0.29) is 23.4 Å². The highest BCUT2D eigenvalue weighted by molar-refractivity contribution is 5.35. The summed E-state index contributed by atoms with van der Waals surface area (Å²) in [5, 5.41) is 0. The number of rotatable bonds is 3. The molecule has 2 N–H and O–H groups in total. The van der Waals surface area contributed by atoms with Gasteiger partial charge < -0.3 is 10.5 Å². The van der Waals surface area contributed by atoms with Crippen molar-refractivity contribution in [3.05, 3.63) is 22.2 Å². The topological polar surface area (TPSA) is 70.1 Å². The normalized spacial score (nSPS) is 25.9. The predicted molar refractivity (Wildman–Crippen MR) is 88.6 cm³/mol. The maximum Gasteiger partial charge on any atom is 0.351 e. The van der Waals surface area contributed by atoms with E-state index in [9.17, 15) is 4.79 Å². The van der Waals surface area contributed by atoms with Crippen LogP contribution in [0.5, 0.6) is 0 Å². The van der Waals surface area contributed by atoms with Crippen molar-refractivity contribution in [1.82, 2.24) is 9.55 Å². The monoisotopic (exact) mass is 307 g/mol. The summed E-state index contributed by atoms with van der Waals surface area (Å²) < 4.78 is 7.86. The van der Waals surface area contributed by atoms with Gasteiger partial charge in [-0.15, -0.1) is 0 Å². The lowest BCUT2D eigenvalue weighted by atomic mass is 9.80. The van der Waals surface area contributed by atoms with E-state index in [0.717, 1.165) is 18.4 Å². The van der Waals surface area contributed by atoms with Crippen LogP contribution in [0.4, 0.5) is 5.82 Å². The Morgan fingerprint density at radius 1 is 1.45 bits per heavy atom. The molecular formula is C17H29N3O2. The number of hydrogen-bond donors (Lipinski definition) is 1. The maximum absolute atomic E-state index is 12.1. The molecule has 5 heteroatoms. The lowest BCUT2D eigenvalue weighted by Crippen LogP contribution is -2.29. The molecule has 0 bridgehead atoms. The van der Waals surface area contributed by atoms with Gasteiger partial charge in [0, 0.05) is 11.8 Å². The molecule has 1 aromatic heterocycles. The SMILES string of the molecule is Cc1cn([C@H]2CC(C(C)C)[C@@H](CC(C)(C)C)O2)c(=O)nc1N. The lowest BCUT2D eigenvalue weighted by Gasteiger charge is -2.28. The largest absolute Gasteiger partial charge is 0.383 e. The average Bonchev–Trinajstić information content (AvgIpc) is 2.75. The molecule has 0 aliphatic carbocycles. The Hall–Kier alpha value is -1.36. The maximum atomic E-state index is 12.1. The number of nitrogen functional groups attached to an aromatic ring is 1. The van der Waals surface area contributed by atoms with E-state index in [4.69, 9.17) is 10.5 Å². The van der Waals surface area contributed by atoms with Gasteiger partial charge in [-0.1, -0.05) is 34.6 Å². The Morgan fingerprint density at radius 3 is 2.64 bits per heavy atom.